The summed E-state index contributed by atoms with van der Waals surface area (Å²) < 4.78 is 7.44. The van der Waals surface area contributed by atoms with Crippen LogP contribution in [0.4, 0.5) is 5.69 Å². The first kappa shape index (κ1) is 20.1. The van der Waals surface area contributed by atoms with Gasteiger partial charge in [0.15, 0.2) is 0 Å². The normalized spacial score (nSPS) is 14.5. The highest BCUT2D eigenvalue weighted by molar-refractivity contribution is 6.40. The zero-order valence-electron chi connectivity index (χ0n) is 16.7. The fraction of sp³-hybridized carbons (Fsp3) is 0.227. The zero-order valence-corrected chi connectivity index (χ0v) is 18.2. The molecule has 158 valence electrons. The predicted molar refractivity (Wildman–Crippen MR) is 123 cm³/mol. The SMILES string of the molecule is Cc1nc2c(C(N)=O)cc(N3CCOCC3)cc2n1-c1ccnc2c(Cl)ccc(Cl)c12. The molecule has 0 radical (unpaired) electrons. The number of fused-ring (bicyclic) bond motifs is 2. The standard InChI is InChI=1S/C22H19Cl2N5O2/c1-12-27-20-14(22(25)30)10-13(28-6-8-31-9-7-28)11-18(20)29(12)17-4-5-26-21-16(24)3-2-15(23)19(17)21/h2-5,10-11H,6-9H2,1H3,(H2,25,30). The molecule has 0 spiro atoms. The van der Waals surface area contributed by atoms with Gasteiger partial charge in [-0.3, -0.25) is 14.3 Å². The fourth-order valence-electron chi connectivity index (χ4n) is 4.14. The average molecular weight is 456 g/mol. The van der Waals surface area contributed by atoms with E-state index in [9.17, 15) is 4.79 Å². The van der Waals surface area contributed by atoms with Gasteiger partial charge in [-0.2, -0.15) is 0 Å². The number of imidazole rings is 1. The zero-order chi connectivity index (χ0) is 21.7. The number of ether oxygens (including phenoxy) is 1. The van der Waals surface area contributed by atoms with Crippen molar-refractivity contribution in [3.8, 4) is 5.69 Å². The third kappa shape index (κ3) is 3.29. The topological polar surface area (TPSA) is 86.3 Å². The summed E-state index contributed by atoms with van der Waals surface area (Å²) in [5, 5.41) is 1.76. The minimum absolute atomic E-state index is 0.378. The number of hydrogen-bond donors (Lipinski definition) is 1. The number of hydrogen-bond acceptors (Lipinski definition) is 5. The molecule has 7 nitrogen and oxygen atoms in total. The van der Waals surface area contributed by atoms with Crippen LogP contribution in [-0.4, -0.2) is 46.7 Å². The lowest BCUT2D eigenvalue weighted by Crippen LogP contribution is -2.36. The number of nitrogens with zero attached hydrogens (tertiary/aromatic N) is 4. The molecule has 1 saturated heterocycles. The molecule has 2 aromatic heterocycles. The second kappa shape index (κ2) is 7.67. The number of nitrogens with two attached hydrogens (primary N) is 1. The molecular weight excluding hydrogens is 437 g/mol. The minimum Gasteiger partial charge on any atom is -0.378 e. The van der Waals surface area contributed by atoms with Gasteiger partial charge >= 0.3 is 0 Å². The Hall–Kier alpha value is -2.87. The Labute approximate surface area is 188 Å². The maximum Gasteiger partial charge on any atom is 0.251 e. The number of amides is 1. The molecule has 0 atom stereocenters. The van der Waals surface area contributed by atoms with Crippen LogP contribution in [0.15, 0.2) is 36.5 Å². The summed E-state index contributed by atoms with van der Waals surface area (Å²) in [7, 11) is 0. The second-order valence-electron chi connectivity index (χ2n) is 7.40. The van der Waals surface area contributed by atoms with Crippen molar-refractivity contribution in [2.75, 3.05) is 31.2 Å². The van der Waals surface area contributed by atoms with Crippen molar-refractivity contribution < 1.29 is 9.53 Å². The van der Waals surface area contributed by atoms with Crippen LogP contribution < -0.4 is 10.6 Å². The van der Waals surface area contributed by atoms with Crippen LogP contribution in [-0.2, 0) is 4.74 Å². The lowest BCUT2D eigenvalue weighted by molar-refractivity contribution is 0.100. The number of pyridine rings is 1. The molecule has 3 heterocycles. The first-order valence-corrected chi connectivity index (χ1v) is 10.6. The molecule has 5 rings (SSSR count). The van der Waals surface area contributed by atoms with Crippen molar-refractivity contribution in [2.45, 2.75) is 6.92 Å². The number of carbonyl (C=O) groups is 1. The molecular formula is C22H19Cl2N5O2. The lowest BCUT2D eigenvalue weighted by Gasteiger charge is -2.29. The Morgan fingerprint density at radius 2 is 1.84 bits per heavy atom. The van der Waals surface area contributed by atoms with Crippen molar-refractivity contribution in [1.29, 1.82) is 0 Å². The summed E-state index contributed by atoms with van der Waals surface area (Å²) in [5.74, 6) is 0.172. The molecule has 2 N–H and O–H groups in total. The smallest absolute Gasteiger partial charge is 0.251 e. The number of primary amides is 1. The number of aryl methyl sites for hydroxylation is 1. The van der Waals surface area contributed by atoms with Gasteiger partial charge in [-0.05, 0) is 37.3 Å². The van der Waals surface area contributed by atoms with Gasteiger partial charge in [0.2, 0.25) is 0 Å². The first-order chi connectivity index (χ1) is 15.0. The van der Waals surface area contributed by atoms with Crippen molar-refractivity contribution in [1.82, 2.24) is 14.5 Å². The highest BCUT2D eigenvalue weighted by Gasteiger charge is 2.22. The molecule has 2 aromatic carbocycles. The summed E-state index contributed by atoms with van der Waals surface area (Å²) in [5.41, 5.74) is 9.70. The van der Waals surface area contributed by atoms with E-state index in [4.69, 9.17) is 33.7 Å². The van der Waals surface area contributed by atoms with E-state index in [0.29, 0.717) is 45.7 Å². The van der Waals surface area contributed by atoms with Gasteiger partial charge < -0.3 is 15.4 Å². The Kier molecular flexibility index (Phi) is 4.97. The summed E-state index contributed by atoms with van der Waals surface area (Å²) in [6.07, 6.45) is 1.69. The fourth-order valence-corrected chi connectivity index (χ4v) is 4.59. The minimum atomic E-state index is -0.523. The van der Waals surface area contributed by atoms with Crippen LogP contribution in [0.25, 0.3) is 27.6 Å². The van der Waals surface area contributed by atoms with Crippen LogP contribution >= 0.6 is 23.2 Å². The molecule has 0 bridgehead atoms. The van der Waals surface area contributed by atoms with E-state index in [-0.39, 0.29) is 0 Å². The molecule has 0 unspecified atom stereocenters. The molecule has 1 amide bonds. The monoisotopic (exact) mass is 455 g/mol. The van der Waals surface area contributed by atoms with Crippen molar-refractivity contribution in [3.63, 3.8) is 0 Å². The highest BCUT2D eigenvalue weighted by atomic mass is 35.5. The molecule has 4 aromatic rings. The van der Waals surface area contributed by atoms with E-state index in [0.717, 1.165) is 35.4 Å². The van der Waals surface area contributed by atoms with Crippen LogP contribution in [0.1, 0.15) is 16.2 Å². The van der Waals surface area contributed by atoms with Gasteiger partial charge in [0.05, 0.1) is 45.5 Å². The van der Waals surface area contributed by atoms with Gasteiger partial charge in [0.25, 0.3) is 5.91 Å². The van der Waals surface area contributed by atoms with Gasteiger partial charge in [0, 0.05) is 30.4 Å². The largest absolute Gasteiger partial charge is 0.378 e. The maximum atomic E-state index is 12.3. The number of carbonyl (C=O) groups excluding carboxylic acids is 1. The van der Waals surface area contributed by atoms with E-state index in [1.165, 1.54) is 0 Å². The van der Waals surface area contributed by atoms with E-state index in [1.54, 1.807) is 24.4 Å². The van der Waals surface area contributed by atoms with E-state index < -0.39 is 5.91 Å². The van der Waals surface area contributed by atoms with E-state index in [1.807, 2.05) is 23.6 Å². The van der Waals surface area contributed by atoms with Gasteiger partial charge in [-0.1, -0.05) is 23.2 Å². The summed E-state index contributed by atoms with van der Waals surface area (Å²) in [6, 6.07) is 9.17. The summed E-state index contributed by atoms with van der Waals surface area (Å²) >= 11 is 12.9. The molecule has 1 aliphatic rings. The Bertz CT molecular complexity index is 1350. The third-order valence-corrected chi connectivity index (χ3v) is 6.19. The number of aromatic nitrogens is 3. The molecule has 1 aliphatic heterocycles. The van der Waals surface area contributed by atoms with Crippen LogP contribution in [0, 0.1) is 6.92 Å². The molecule has 0 aliphatic carbocycles. The quantitative estimate of drug-likeness (QED) is 0.501. The van der Waals surface area contributed by atoms with Crippen molar-refractivity contribution in [3.05, 3.63) is 58.0 Å². The number of morpholine rings is 1. The number of anilines is 1. The Morgan fingerprint density at radius 1 is 1.10 bits per heavy atom. The number of benzene rings is 2. The van der Waals surface area contributed by atoms with Crippen molar-refractivity contribution >= 4 is 56.7 Å². The molecule has 0 saturated carbocycles. The molecule has 31 heavy (non-hydrogen) atoms. The molecule has 9 heteroatoms. The summed E-state index contributed by atoms with van der Waals surface area (Å²) in [4.78, 5) is 23.6. The van der Waals surface area contributed by atoms with Crippen LogP contribution in [0.2, 0.25) is 10.0 Å². The predicted octanol–water partition coefficient (Wildman–Crippen LogP) is 4.12. The first-order valence-electron chi connectivity index (χ1n) is 9.84. The Morgan fingerprint density at radius 3 is 2.58 bits per heavy atom. The van der Waals surface area contributed by atoms with Gasteiger partial charge in [-0.25, -0.2) is 4.98 Å². The second-order valence-corrected chi connectivity index (χ2v) is 8.22. The third-order valence-electron chi connectivity index (χ3n) is 5.57. The van der Waals surface area contributed by atoms with E-state index >= 15 is 0 Å². The number of halogens is 2. The Balaban J connectivity index is 1.84. The van der Waals surface area contributed by atoms with Crippen LogP contribution in [0.3, 0.4) is 0 Å². The summed E-state index contributed by atoms with van der Waals surface area (Å²) in [6.45, 7) is 4.60. The average Bonchev–Trinajstić information content (AvgIpc) is 3.11. The maximum absolute atomic E-state index is 12.3. The van der Waals surface area contributed by atoms with Crippen LogP contribution in [0.5, 0.6) is 0 Å². The van der Waals surface area contributed by atoms with Crippen molar-refractivity contribution in [2.24, 2.45) is 5.73 Å². The van der Waals surface area contributed by atoms with Gasteiger partial charge in [0.1, 0.15) is 11.3 Å². The highest BCUT2D eigenvalue weighted by Crippen LogP contribution is 2.36. The molecule has 1 fully saturated rings. The number of rotatable bonds is 3. The van der Waals surface area contributed by atoms with E-state index in [2.05, 4.69) is 14.9 Å². The van der Waals surface area contributed by atoms with Gasteiger partial charge in [-0.15, -0.1) is 0 Å². The lowest BCUT2D eigenvalue weighted by atomic mass is 10.1.